The summed E-state index contributed by atoms with van der Waals surface area (Å²) in [4.78, 5) is 11.6. The zero-order valence-corrected chi connectivity index (χ0v) is 12.3. The zero-order valence-electron chi connectivity index (χ0n) is 12.3. The molecule has 0 aliphatic carbocycles. The molecule has 0 aromatic carbocycles. The van der Waals surface area contributed by atoms with Gasteiger partial charge in [-0.1, -0.05) is 46.0 Å². The molecule has 0 aromatic heterocycles. The van der Waals surface area contributed by atoms with Crippen molar-refractivity contribution >= 4 is 5.91 Å². The lowest BCUT2D eigenvalue weighted by Crippen LogP contribution is -2.45. The highest BCUT2D eigenvalue weighted by atomic mass is 16.2. The maximum absolute atomic E-state index is 11.6. The Morgan fingerprint density at radius 3 is 2.61 bits per heavy atom. The van der Waals surface area contributed by atoms with Crippen LogP contribution in [0.2, 0.25) is 0 Å². The number of hydrogen-bond acceptors (Lipinski definition) is 2. The third-order valence-corrected chi connectivity index (χ3v) is 3.10. The normalized spacial score (nSPS) is 12.8. The van der Waals surface area contributed by atoms with Crippen LogP contribution in [-0.2, 0) is 4.79 Å². The van der Waals surface area contributed by atoms with E-state index in [0.717, 1.165) is 6.54 Å². The molecule has 3 heteroatoms. The number of hydrogen-bond donors (Lipinski definition) is 2. The predicted molar refractivity (Wildman–Crippen MR) is 77.2 cm³/mol. The topological polar surface area (TPSA) is 41.1 Å². The summed E-state index contributed by atoms with van der Waals surface area (Å²) in [5.74, 6) is 2.37. The Kier molecular flexibility index (Phi) is 8.49. The quantitative estimate of drug-likeness (QED) is 0.488. The SMILES string of the molecule is C#CCNC(=O)C(C)NCC(C)(C)CCCCC. The van der Waals surface area contributed by atoms with E-state index in [-0.39, 0.29) is 17.4 Å². The first kappa shape index (κ1) is 17.0. The van der Waals surface area contributed by atoms with Gasteiger partial charge in [-0.3, -0.25) is 4.79 Å². The van der Waals surface area contributed by atoms with Crippen LogP contribution in [0.1, 0.15) is 53.4 Å². The second-order valence-electron chi connectivity index (χ2n) is 5.65. The van der Waals surface area contributed by atoms with E-state index in [4.69, 9.17) is 6.42 Å². The molecular weight excluding hydrogens is 224 g/mol. The molecule has 1 amide bonds. The number of amides is 1. The van der Waals surface area contributed by atoms with Gasteiger partial charge in [-0.2, -0.15) is 0 Å². The number of unbranched alkanes of at least 4 members (excludes halogenated alkanes) is 2. The standard InChI is InChI=1S/C15H28N2O/c1-6-8-9-10-15(4,5)12-17-13(3)14(18)16-11-7-2/h2,13,17H,6,8-12H2,1,3-5H3,(H,16,18). The molecule has 3 nitrogen and oxygen atoms in total. The van der Waals surface area contributed by atoms with Crippen molar-refractivity contribution in [2.24, 2.45) is 5.41 Å². The van der Waals surface area contributed by atoms with Gasteiger partial charge >= 0.3 is 0 Å². The van der Waals surface area contributed by atoms with Gasteiger partial charge in [-0.05, 0) is 18.8 Å². The van der Waals surface area contributed by atoms with Crippen molar-refractivity contribution in [3.63, 3.8) is 0 Å². The van der Waals surface area contributed by atoms with Crippen molar-refractivity contribution in [3.05, 3.63) is 0 Å². The molecule has 0 bridgehead atoms. The maximum atomic E-state index is 11.6. The highest BCUT2D eigenvalue weighted by Crippen LogP contribution is 2.22. The second-order valence-corrected chi connectivity index (χ2v) is 5.65. The first-order valence-corrected chi connectivity index (χ1v) is 6.87. The van der Waals surface area contributed by atoms with Gasteiger partial charge in [-0.15, -0.1) is 6.42 Å². The molecule has 0 radical (unpaired) electrons. The predicted octanol–water partition coefficient (Wildman–Crippen LogP) is 2.32. The van der Waals surface area contributed by atoms with Gasteiger partial charge in [0.05, 0.1) is 12.6 Å². The van der Waals surface area contributed by atoms with Crippen molar-refractivity contribution in [1.29, 1.82) is 0 Å². The summed E-state index contributed by atoms with van der Waals surface area (Å²) >= 11 is 0. The van der Waals surface area contributed by atoms with E-state index in [9.17, 15) is 4.79 Å². The summed E-state index contributed by atoms with van der Waals surface area (Å²) in [6, 6.07) is -0.191. The van der Waals surface area contributed by atoms with E-state index in [1.165, 1.54) is 25.7 Å². The van der Waals surface area contributed by atoms with Gasteiger partial charge in [0.15, 0.2) is 0 Å². The van der Waals surface area contributed by atoms with Crippen molar-refractivity contribution in [2.45, 2.75) is 59.4 Å². The Hall–Kier alpha value is -1.01. The van der Waals surface area contributed by atoms with Crippen LogP contribution in [0, 0.1) is 17.8 Å². The van der Waals surface area contributed by atoms with Crippen LogP contribution in [0.25, 0.3) is 0 Å². The molecule has 0 fully saturated rings. The number of terminal acetylenes is 1. The Labute approximate surface area is 112 Å². The van der Waals surface area contributed by atoms with Gasteiger partial charge in [0.1, 0.15) is 0 Å². The lowest BCUT2D eigenvalue weighted by atomic mass is 9.86. The summed E-state index contributed by atoms with van der Waals surface area (Å²) in [7, 11) is 0. The Bertz CT molecular complexity index is 279. The van der Waals surface area contributed by atoms with E-state index in [2.05, 4.69) is 37.3 Å². The molecule has 0 aliphatic heterocycles. The average Bonchev–Trinajstić information content (AvgIpc) is 2.33. The monoisotopic (exact) mass is 252 g/mol. The fraction of sp³-hybridized carbons (Fsp3) is 0.800. The van der Waals surface area contributed by atoms with Crippen molar-refractivity contribution in [3.8, 4) is 12.3 Å². The van der Waals surface area contributed by atoms with E-state index >= 15 is 0 Å². The van der Waals surface area contributed by atoms with Crippen molar-refractivity contribution < 1.29 is 4.79 Å². The first-order chi connectivity index (χ1) is 8.43. The van der Waals surface area contributed by atoms with Gasteiger partial charge in [0.2, 0.25) is 5.91 Å². The van der Waals surface area contributed by atoms with Crippen LogP contribution in [0.5, 0.6) is 0 Å². The van der Waals surface area contributed by atoms with Crippen LogP contribution in [-0.4, -0.2) is 25.0 Å². The fourth-order valence-corrected chi connectivity index (χ4v) is 1.76. The van der Waals surface area contributed by atoms with Gasteiger partial charge in [0, 0.05) is 6.54 Å². The van der Waals surface area contributed by atoms with E-state index in [0.29, 0.717) is 6.54 Å². The van der Waals surface area contributed by atoms with Gasteiger partial charge in [-0.25, -0.2) is 0 Å². The minimum absolute atomic E-state index is 0.0303. The largest absolute Gasteiger partial charge is 0.344 e. The summed E-state index contributed by atoms with van der Waals surface area (Å²) in [5.41, 5.74) is 0.232. The molecule has 1 atom stereocenters. The molecule has 2 N–H and O–H groups in total. The third-order valence-electron chi connectivity index (χ3n) is 3.10. The molecule has 1 unspecified atom stereocenters. The molecule has 0 saturated heterocycles. The zero-order chi connectivity index (χ0) is 14.0. The lowest BCUT2D eigenvalue weighted by molar-refractivity contribution is -0.122. The van der Waals surface area contributed by atoms with Crippen molar-refractivity contribution in [2.75, 3.05) is 13.1 Å². The number of carbonyl (C=O) groups is 1. The molecule has 0 spiro atoms. The van der Waals surface area contributed by atoms with Crippen LogP contribution in [0.4, 0.5) is 0 Å². The number of rotatable bonds is 9. The van der Waals surface area contributed by atoms with E-state index in [1.807, 2.05) is 6.92 Å². The Balaban J connectivity index is 3.91. The summed E-state index contributed by atoms with van der Waals surface area (Å²) < 4.78 is 0. The van der Waals surface area contributed by atoms with Gasteiger partial charge in [0.25, 0.3) is 0 Å². The fourth-order valence-electron chi connectivity index (χ4n) is 1.76. The molecule has 0 saturated carbocycles. The third kappa shape index (κ3) is 8.14. The van der Waals surface area contributed by atoms with E-state index in [1.54, 1.807) is 0 Å². The minimum Gasteiger partial charge on any atom is -0.344 e. The molecule has 0 aliphatic rings. The average molecular weight is 252 g/mol. The summed E-state index contributed by atoms with van der Waals surface area (Å²) in [6.45, 7) is 9.70. The lowest BCUT2D eigenvalue weighted by Gasteiger charge is -2.27. The maximum Gasteiger partial charge on any atom is 0.237 e. The number of carbonyl (C=O) groups excluding carboxylic acids is 1. The minimum atomic E-state index is -0.191. The van der Waals surface area contributed by atoms with Gasteiger partial charge < -0.3 is 10.6 Å². The van der Waals surface area contributed by atoms with Crippen molar-refractivity contribution in [1.82, 2.24) is 10.6 Å². The molecular formula is C15H28N2O. The summed E-state index contributed by atoms with van der Waals surface area (Å²) in [6.07, 6.45) is 10.1. The first-order valence-electron chi connectivity index (χ1n) is 6.87. The Morgan fingerprint density at radius 2 is 2.06 bits per heavy atom. The number of nitrogens with one attached hydrogen (secondary N) is 2. The summed E-state index contributed by atoms with van der Waals surface area (Å²) in [5, 5.41) is 5.96. The second kappa shape index (κ2) is 8.99. The molecule has 0 rings (SSSR count). The highest BCUT2D eigenvalue weighted by molar-refractivity contribution is 5.81. The molecule has 18 heavy (non-hydrogen) atoms. The smallest absolute Gasteiger partial charge is 0.237 e. The van der Waals surface area contributed by atoms with Crippen LogP contribution < -0.4 is 10.6 Å². The highest BCUT2D eigenvalue weighted by Gasteiger charge is 2.20. The molecule has 104 valence electrons. The molecule has 0 heterocycles. The Morgan fingerprint density at radius 1 is 1.39 bits per heavy atom. The molecule has 0 aromatic rings. The van der Waals surface area contributed by atoms with Crippen LogP contribution in [0.3, 0.4) is 0 Å². The van der Waals surface area contributed by atoms with Crippen LogP contribution >= 0.6 is 0 Å². The van der Waals surface area contributed by atoms with Crippen LogP contribution in [0.15, 0.2) is 0 Å². The van der Waals surface area contributed by atoms with E-state index < -0.39 is 0 Å².